The summed E-state index contributed by atoms with van der Waals surface area (Å²) in [6.07, 6.45) is 0.319. The minimum absolute atomic E-state index is 0.00897. The molecule has 5 rings (SSSR count). The molecule has 0 radical (unpaired) electrons. The topological polar surface area (TPSA) is 86.9 Å². The molecule has 3 aromatic rings. The average Bonchev–Trinajstić information content (AvgIpc) is 3.47. The number of amides is 1. The second-order valence-corrected chi connectivity index (χ2v) is 6.86. The van der Waals surface area contributed by atoms with Gasteiger partial charge in [-0.05, 0) is 43.3 Å². The van der Waals surface area contributed by atoms with Gasteiger partial charge in [-0.2, -0.15) is 4.98 Å². The lowest BCUT2D eigenvalue weighted by Gasteiger charge is -2.16. The van der Waals surface area contributed by atoms with Crippen LogP contribution in [0.3, 0.4) is 0 Å². The van der Waals surface area contributed by atoms with E-state index in [4.69, 9.17) is 18.7 Å². The van der Waals surface area contributed by atoms with Crippen LogP contribution in [-0.4, -0.2) is 36.0 Å². The predicted molar refractivity (Wildman–Crippen MR) is 103 cm³/mol. The van der Waals surface area contributed by atoms with Crippen molar-refractivity contribution in [2.75, 3.05) is 24.8 Å². The minimum atomic E-state index is -0.156. The zero-order chi connectivity index (χ0) is 19.8. The number of hydrogen-bond acceptors (Lipinski definition) is 7. The monoisotopic (exact) mass is 393 g/mol. The number of benzene rings is 2. The number of ether oxygens (including phenoxy) is 3. The van der Waals surface area contributed by atoms with Crippen molar-refractivity contribution in [2.24, 2.45) is 0 Å². The van der Waals surface area contributed by atoms with Gasteiger partial charge in [0.05, 0.1) is 12.5 Å². The molecule has 1 saturated heterocycles. The van der Waals surface area contributed by atoms with Crippen LogP contribution in [0.1, 0.15) is 25.2 Å². The molecule has 8 nitrogen and oxygen atoms in total. The lowest BCUT2D eigenvalue weighted by atomic mass is 10.1. The summed E-state index contributed by atoms with van der Waals surface area (Å²) in [7, 11) is 0. The second-order valence-electron chi connectivity index (χ2n) is 6.86. The number of nitrogens with zero attached hydrogens (tertiary/aromatic N) is 3. The molecule has 2 aromatic carbocycles. The third-order valence-electron chi connectivity index (χ3n) is 5.01. The summed E-state index contributed by atoms with van der Waals surface area (Å²) in [5, 5.41) is 4.08. The van der Waals surface area contributed by atoms with Crippen LogP contribution >= 0.6 is 0 Å². The molecule has 0 saturated carbocycles. The summed E-state index contributed by atoms with van der Waals surface area (Å²) in [6, 6.07) is 13.0. The van der Waals surface area contributed by atoms with Gasteiger partial charge in [0.2, 0.25) is 24.4 Å². The van der Waals surface area contributed by atoms with Crippen LogP contribution in [-0.2, 0) is 4.79 Å². The normalized spacial score (nSPS) is 17.8. The van der Waals surface area contributed by atoms with Crippen molar-refractivity contribution in [3.63, 3.8) is 0 Å². The highest BCUT2D eigenvalue weighted by atomic mass is 16.7. The zero-order valence-corrected chi connectivity index (χ0v) is 15.8. The van der Waals surface area contributed by atoms with Crippen molar-refractivity contribution in [1.29, 1.82) is 0 Å². The Morgan fingerprint density at radius 1 is 1.14 bits per heavy atom. The molecule has 3 heterocycles. The molecule has 1 aromatic heterocycles. The second kappa shape index (κ2) is 7.12. The Labute approximate surface area is 167 Å². The average molecular weight is 393 g/mol. The van der Waals surface area contributed by atoms with Crippen LogP contribution in [0.5, 0.6) is 17.2 Å². The highest BCUT2D eigenvalue weighted by Crippen LogP contribution is 2.38. The van der Waals surface area contributed by atoms with Gasteiger partial charge in [-0.25, -0.2) is 0 Å². The lowest BCUT2D eigenvalue weighted by molar-refractivity contribution is -0.117. The standard InChI is InChI=1S/C21H19N3O5/c1-2-26-16-6-3-13(4-7-16)20-22-21(29-23-20)14-9-19(25)24(11-14)15-5-8-17-18(10-15)28-12-27-17/h3-8,10,14H,2,9,11-12H2,1H3. The van der Waals surface area contributed by atoms with E-state index >= 15 is 0 Å². The Hall–Kier alpha value is -3.55. The van der Waals surface area contributed by atoms with E-state index < -0.39 is 0 Å². The molecule has 2 aliphatic rings. The Bertz CT molecular complexity index is 1050. The smallest absolute Gasteiger partial charge is 0.232 e. The number of carbonyl (C=O) groups is 1. The van der Waals surface area contributed by atoms with Gasteiger partial charge in [-0.15, -0.1) is 0 Å². The first-order valence-electron chi connectivity index (χ1n) is 9.48. The van der Waals surface area contributed by atoms with E-state index in [-0.39, 0.29) is 18.6 Å². The molecule has 1 fully saturated rings. The van der Waals surface area contributed by atoms with Crippen molar-refractivity contribution >= 4 is 11.6 Å². The molecule has 0 bridgehead atoms. The van der Waals surface area contributed by atoms with Crippen molar-refractivity contribution in [3.05, 3.63) is 48.4 Å². The Balaban J connectivity index is 1.33. The minimum Gasteiger partial charge on any atom is -0.494 e. The van der Waals surface area contributed by atoms with Crippen molar-refractivity contribution in [2.45, 2.75) is 19.3 Å². The van der Waals surface area contributed by atoms with Gasteiger partial charge >= 0.3 is 0 Å². The molecule has 2 aliphatic heterocycles. The summed E-state index contributed by atoms with van der Waals surface area (Å²) in [6.45, 7) is 3.23. The van der Waals surface area contributed by atoms with E-state index in [1.54, 1.807) is 4.90 Å². The molecular formula is C21H19N3O5. The maximum absolute atomic E-state index is 12.6. The van der Waals surface area contributed by atoms with Gasteiger partial charge in [0.15, 0.2) is 11.5 Å². The number of aromatic nitrogens is 2. The Morgan fingerprint density at radius 2 is 1.97 bits per heavy atom. The van der Waals surface area contributed by atoms with E-state index in [0.29, 0.717) is 42.8 Å². The highest BCUT2D eigenvalue weighted by molar-refractivity contribution is 5.96. The number of rotatable bonds is 5. The zero-order valence-electron chi connectivity index (χ0n) is 15.8. The number of carbonyl (C=O) groups excluding carboxylic acids is 1. The lowest BCUT2D eigenvalue weighted by Crippen LogP contribution is -2.24. The predicted octanol–water partition coefficient (Wildman–Crippen LogP) is 3.38. The molecule has 0 N–H and O–H groups in total. The van der Waals surface area contributed by atoms with Crippen molar-refractivity contribution in [3.8, 4) is 28.6 Å². The van der Waals surface area contributed by atoms with E-state index in [9.17, 15) is 4.79 Å². The van der Waals surface area contributed by atoms with Crippen LogP contribution in [0.15, 0.2) is 47.0 Å². The highest BCUT2D eigenvalue weighted by Gasteiger charge is 2.35. The van der Waals surface area contributed by atoms with Crippen LogP contribution in [0.2, 0.25) is 0 Å². The van der Waals surface area contributed by atoms with Gasteiger partial charge in [0.25, 0.3) is 0 Å². The molecule has 1 unspecified atom stereocenters. The number of fused-ring (bicyclic) bond motifs is 1. The molecule has 0 spiro atoms. The molecule has 8 heteroatoms. The van der Waals surface area contributed by atoms with E-state index in [1.165, 1.54) is 0 Å². The molecule has 29 heavy (non-hydrogen) atoms. The van der Waals surface area contributed by atoms with Gasteiger partial charge in [-0.3, -0.25) is 4.79 Å². The van der Waals surface area contributed by atoms with Gasteiger partial charge in [0.1, 0.15) is 5.75 Å². The van der Waals surface area contributed by atoms with Gasteiger partial charge in [0, 0.05) is 30.3 Å². The third-order valence-corrected chi connectivity index (χ3v) is 5.01. The van der Waals surface area contributed by atoms with E-state index in [1.807, 2.05) is 49.4 Å². The summed E-state index contributed by atoms with van der Waals surface area (Å²) in [5.74, 6) is 2.94. The van der Waals surface area contributed by atoms with Crippen molar-refractivity contribution in [1.82, 2.24) is 10.1 Å². The first-order chi connectivity index (χ1) is 14.2. The third kappa shape index (κ3) is 3.26. The van der Waals surface area contributed by atoms with Crippen molar-refractivity contribution < 1.29 is 23.5 Å². The first kappa shape index (κ1) is 17.5. The van der Waals surface area contributed by atoms with Crippen LogP contribution < -0.4 is 19.1 Å². The quantitative estimate of drug-likeness (QED) is 0.657. The number of anilines is 1. The fourth-order valence-electron chi connectivity index (χ4n) is 3.56. The van der Waals surface area contributed by atoms with Gasteiger partial charge in [-0.1, -0.05) is 5.16 Å². The SMILES string of the molecule is CCOc1ccc(-c2noc(C3CC(=O)N(c4ccc5c(c4)OCO5)C3)n2)cc1. The van der Waals surface area contributed by atoms with Crippen LogP contribution in [0.25, 0.3) is 11.4 Å². The largest absolute Gasteiger partial charge is 0.494 e. The Morgan fingerprint density at radius 3 is 2.79 bits per heavy atom. The molecular weight excluding hydrogens is 374 g/mol. The maximum atomic E-state index is 12.6. The molecule has 148 valence electrons. The van der Waals surface area contributed by atoms with E-state index in [2.05, 4.69) is 10.1 Å². The molecule has 1 amide bonds. The fourth-order valence-corrected chi connectivity index (χ4v) is 3.56. The molecule has 1 atom stereocenters. The van der Waals surface area contributed by atoms with E-state index in [0.717, 1.165) is 17.0 Å². The van der Waals surface area contributed by atoms with Gasteiger partial charge < -0.3 is 23.6 Å². The Kier molecular flexibility index (Phi) is 4.31. The summed E-state index contributed by atoms with van der Waals surface area (Å²) in [4.78, 5) is 18.8. The summed E-state index contributed by atoms with van der Waals surface area (Å²) >= 11 is 0. The fraction of sp³-hybridized carbons (Fsp3) is 0.286. The summed E-state index contributed by atoms with van der Waals surface area (Å²) in [5.41, 5.74) is 1.61. The van der Waals surface area contributed by atoms with Crippen LogP contribution in [0.4, 0.5) is 5.69 Å². The summed E-state index contributed by atoms with van der Waals surface area (Å²) < 4.78 is 21.7. The molecule has 0 aliphatic carbocycles. The first-order valence-corrected chi connectivity index (χ1v) is 9.48. The number of hydrogen-bond donors (Lipinski definition) is 0. The van der Waals surface area contributed by atoms with Crippen LogP contribution in [0, 0.1) is 0 Å². The maximum Gasteiger partial charge on any atom is 0.232 e.